The van der Waals surface area contributed by atoms with Crippen molar-refractivity contribution >= 4 is 22.9 Å². The van der Waals surface area contributed by atoms with Crippen LogP contribution in [0, 0.1) is 0 Å². The third kappa shape index (κ3) is 4.16. The summed E-state index contributed by atoms with van der Waals surface area (Å²) in [5, 5.41) is 9.79. The molecule has 1 aliphatic rings. The second kappa shape index (κ2) is 9.41. The van der Waals surface area contributed by atoms with Crippen LogP contribution in [0.4, 0.5) is 11.8 Å². The number of methoxy groups -OCH3 is 2. The van der Waals surface area contributed by atoms with Crippen molar-refractivity contribution in [3.8, 4) is 0 Å². The molecule has 0 bridgehead atoms. The van der Waals surface area contributed by atoms with Gasteiger partial charge in [0.2, 0.25) is 5.95 Å². The molecule has 0 saturated carbocycles. The average Bonchev–Trinajstić information content (AvgIpc) is 3.24. The Morgan fingerprint density at radius 3 is 2.39 bits per heavy atom. The van der Waals surface area contributed by atoms with E-state index < -0.39 is 24.5 Å². The van der Waals surface area contributed by atoms with Crippen molar-refractivity contribution in [1.82, 2.24) is 19.5 Å². The van der Waals surface area contributed by atoms with Crippen molar-refractivity contribution < 1.29 is 28.8 Å². The predicted octanol–water partition coefficient (Wildman–Crippen LogP) is -1.06. The molecule has 1 aliphatic heterocycles. The quantitative estimate of drug-likeness (QED) is 0.418. The van der Waals surface area contributed by atoms with Crippen molar-refractivity contribution in [2.24, 2.45) is 0 Å². The summed E-state index contributed by atoms with van der Waals surface area (Å²) in [5.74, 6) is 0.191. The zero-order valence-electron chi connectivity index (χ0n) is 15.9. The van der Waals surface area contributed by atoms with Gasteiger partial charge in [0.1, 0.15) is 23.8 Å². The molecule has 0 radical (unpaired) electrons. The highest BCUT2D eigenvalue weighted by molar-refractivity contribution is 5.82. The molecule has 0 spiro atoms. The number of hydrogen-bond acceptors (Lipinski definition) is 11. The number of aliphatic hydroxyl groups is 1. The minimum atomic E-state index is -0.666. The lowest BCUT2D eigenvalue weighted by atomic mass is 10.1. The van der Waals surface area contributed by atoms with Gasteiger partial charge < -0.3 is 40.3 Å². The molecule has 0 aliphatic carbocycles. The molecular weight excluding hydrogens is 372 g/mol. The van der Waals surface area contributed by atoms with Gasteiger partial charge in [0, 0.05) is 14.2 Å². The third-order valence-corrected chi connectivity index (χ3v) is 4.40. The van der Waals surface area contributed by atoms with Crippen molar-refractivity contribution in [3.63, 3.8) is 0 Å². The lowest BCUT2D eigenvalue weighted by Gasteiger charge is -2.25. The highest BCUT2D eigenvalue weighted by atomic mass is 16.6. The number of aliphatic hydroxyl groups excluding tert-OH is 1. The van der Waals surface area contributed by atoms with Crippen LogP contribution in [-0.4, -0.2) is 90.2 Å². The fourth-order valence-corrected chi connectivity index (χ4v) is 3.14. The van der Waals surface area contributed by atoms with E-state index in [2.05, 4.69) is 15.0 Å². The van der Waals surface area contributed by atoms with Gasteiger partial charge in [-0.05, 0) is 0 Å². The molecule has 0 aromatic carbocycles. The van der Waals surface area contributed by atoms with Gasteiger partial charge in [-0.25, -0.2) is 4.98 Å². The first-order valence-electron chi connectivity index (χ1n) is 8.83. The minimum absolute atomic E-state index is 0.0215. The van der Waals surface area contributed by atoms with Gasteiger partial charge in [-0.3, -0.25) is 4.57 Å². The van der Waals surface area contributed by atoms with Crippen LogP contribution >= 0.6 is 0 Å². The molecule has 28 heavy (non-hydrogen) atoms. The maximum Gasteiger partial charge on any atom is 0.224 e. The molecule has 12 nitrogen and oxygen atoms in total. The summed E-state index contributed by atoms with van der Waals surface area (Å²) in [6, 6.07) is 0. The first-order chi connectivity index (χ1) is 13.6. The van der Waals surface area contributed by atoms with Crippen LogP contribution < -0.4 is 11.5 Å². The van der Waals surface area contributed by atoms with Gasteiger partial charge in [-0.2, -0.15) is 9.97 Å². The second-order valence-electron chi connectivity index (χ2n) is 6.20. The Morgan fingerprint density at radius 1 is 1.07 bits per heavy atom. The second-order valence-corrected chi connectivity index (χ2v) is 6.20. The number of hydrogen-bond donors (Lipinski definition) is 3. The number of imidazole rings is 1. The Bertz CT molecular complexity index is 773. The number of anilines is 2. The van der Waals surface area contributed by atoms with E-state index in [1.165, 1.54) is 6.33 Å². The zero-order chi connectivity index (χ0) is 20.1. The number of nitrogen functional groups attached to an aromatic ring is 2. The van der Waals surface area contributed by atoms with E-state index in [4.69, 9.17) is 35.2 Å². The number of ether oxygens (including phenoxy) is 5. The molecule has 3 heterocycles. The van der Waals surface area contributed by atoms with E-state index in [1.54, 1.807) is 18.8 Å². The Balaban J connectivity index is 1.92. The largest absolute Gasteiger partial charge is 0.394 e. The van der Waals surface area contributed by atoms with Crippen LogP contribution in [0.3, 0.4) is 0 Å². The van der Waals surface area contributed by atoms with Crippen molar-refractivity contribution in [1.29, 1.82) is 0 Å². The Kier molecular flexibility index (Phi) is 6.93. The smallest absolute Gasteiger partial charge is 0.224 e. The number of aromatic nitrogens is 4. The molecule has 156 valence electrons. The monoisotopic (exact) mass is 398 g/mol. The molecule has 1 fully saturated rings. The third-order valence-electron chi connectivity index (χ3n) is 4.40. The van der Waals surface area contributed by atoms with Gasteiger partial charge in [0.05, 0.1) is 39.4 Å². The van der Waals surface area contributed by atoms with Crippen molar-refractivity contribution in [2.45, 2.75) is 24.5 Å². The van der Waals surface area contributed by atoms with Crippen molar-refractivity contribution in [3.05, 3.63) is 6.33 Å². The van der Waals surface area contributed by atoms with Crippen LogP contribution in [0.5, 0.6) is 0 Å². The van der Waals surface area contributed by atoms with Crippen LogP contribution in [0.15, 0.2) is 6.33 Å². The summed E-state index contributed by atoms with van der Waals surface area (Å²) >= 11 is 0. The van der Waals surface area contributed by atoms with E-state index >= 15 is 0 Å². The number of nitrogens with zero attached hydrogens (tertiary/aromatic N) is 4. The van der Waals surface area contributed by atoms with Gasteiger partial charge in [-0.1, -0.05) is 0 Å². The summed E-state index contributed by atoms with van der Waals surface area (Å²) < 4.78 is 29.7. The Morgan fingerprint density at radius 2 is 1.75 bits per heavy atom. The average molecular weight is 398 g/mol. The normalized spacial score (nSPS) is 25.0. The maximum atomic E-state index is 9.79. The summed E-state index contributed by atoms with van der Waals surface area (Å²) in [4.78, 5) is 12.4. The van der Waals surface area contributed by atoms with E-state index in [0.717, 1.165) is 0 Å². The molecule has 2 aromatic heterocycles. The molecule has 5 N–H and O–H groups in total. The summed E-state index contributed by atoms with van der Waals surface area (Å²) in [7, 11) is 3.17. The molecule has 1 unspecified atom stereocenters. The van der Waals surface area contributed by atoms with Gasteiger partial charge in [0.25, 0.3) is 0 Å². The van der Waals surface area contributed by atoms with Crippen molar-refractivity contribution in [2.75, 3.05) is 58.7 Å². The van der Waals surface area contributed by atoms with Crippen LogP contribution in [0.25, 0.3) is 11.2 Å². The Labute approximate surface area is 161 Å². The number of nitrogens with two attached hydrogens (primary N) is 2. The van der Waals surface area contributed by atoms with Crippen LogP contribution in [0.1, 0.15) is 6.23 Å². The van der Waals surface area contributed by atoms with Gasteiger partial charge >= 0.3 is 0 Å². The predicted molar refractivity (Wildman–Crippen MR) is 98.4 cm³/mol. The van der Waals surface area contributed by atoms with Crippen LogP contribution in [-0.2, 0) is 23.7 Å². The first-order valence-corrected chi connectivity index (χ1v) is 8.83. The fraction of sp³-hybridized carbons (Fsp3) is 0.688. The standard InChI is InChI=1S/C16H26N6O6/c1-24-3-5-26-11-9(7-23)28-15(12(11)27-6-4-25-2)22-8-19-10-13(17)20-16(18)21-14(10)22/h8-9,11-12,15,23H,3-7H2,1-2H3,(H4,17,18,20,21)/t9-,11+,12?,15-/m1/s1. The molecule has 1 saturated heterocycles. The molecular formula is C16H26N6O6. The first kappa shape index (κ1) is 20.6. The highest BCUT2D eigenvalue weighted by Crippen LogP contribution is 2.35. The lowest BCUT2D eigenvalue weighted by molar-refractivity contribution is -0.0930. The van der Waals surface area contributed by atoms with E-state index in [1.807, 2.05) is 0 Å². The number of fused-ring (bicyclic) bond motifs is 1. The lowest BCUT2D eigenvalue weighted by Crippen LogP contribution is -2.39. The van der Waals surface area contributed by atoms with Gasteiger partial charge in [-0.15, -0.1) is 0 Å². The molecule has 12 heteroatoms. The number of rotatable bonds is 10. The molecule has 4 atom stereocenters. The minimum Gasteiger partial charge on any atom is -0.394 e. The van der Waals surface area contributed by atoms with Crippen LogP contribution in [0.2, 0.25) is 0 Å². The topological polar surface area (TPSA) is 162 Å². The zero-order valence-corrected chi connectivity index (χ0v) is 15.9. The summed E-state index contributed by atoms with van der Waals surface area (Å²) in [6.07, 6.45) is -0.836. The fourth-order valence-electron chi connectivity index (χ4n) is 3.14. The summed E-state index contributed by atoms with van der Waals surface area (Å²) in [5.41, 5.74) is 12.4. The SMILES string of the molecule is COCCOC1[C@@H](OCCOC)[C@@H](CO)O[C@H]1n1cnc2c(N)nc(N)nc21. The van der Waals surface area contributed by atoms with Gasteiger partial charge in [0.15, 0.2) is 17.7 Å². The van der Waals surface area contributed by atoms with E-state index in [0.29, 0.717) is 37.6 Å². The van der Waals surface area contributed by atoms with E-state index in [-0.39, 0.29) is 18.4 Å². The van der Waals surface area contributed by atoms with E-state index in [9.17, 15) is 5.11 Å². The summed E-state index contributed by atoms with van der Waals surface area (Å²) in [6.45, 7) is 1.19. The Hall–Kier alpha value is -2.09. The molecule has 2 aromatic rings. The molecule has 3 rings (SSSR count). The molecule has 0 amide bonds. The maximum absolute atomic E-state index is 9.79. The highest BCUT2D eigenvalue weighted by Gasteiger charge is 2.47.